The average molecular weight is 568 g/mol. The van der Waals surface area contributed by atoms with E-state index in [9.17, 15) is 24.5 Å². The second-order valence-corrected chi connectivity index (χ2v) is 9.49. The van der Waals surface area contributed by atoms with Crippen LogP contribution in [0.5, 0.6) is 0 Å². The lowest BCUT2D eigenvalue weighted by Crippen LogP contribution is -2.50. The van der Waals surface area contributed by atoms with Gasteiger partial charge in [-0.3, -0.25) is 24.5 Å². The van der Waals surface area contributed by atoms with Gasteiger partial charge in [-0.2, -0.15) is 0 Å². The van der Waals surface area contributed by atoms with E-state index in [1.807, 2.05) is 0 Å². The molecule has 10 heteroatoms. The number of nitro benzene ring substituents is 1. The van der Waals surface area contributed by atoms with Gasteiger partial charge in [0.25, 0.3) is 17.5 Å². The van der Waals surface area contributed by atoms with E-state index in [0.29, 0.717) is 18.5 Å². The van der Waals surface area contributed by atoms with Crippen LogP contribution in [0.15, 0.2) is 42.5 Å². The van der Waals surface area contributed by atoms with Crippen molar-refractivity contribution in [2.24, 2.45) is 0 Å². The average Bonchev–Trinajstić information content (AvgIpc) is 3.38. The van der Waals surface area contributed by atoms with Crippen LogP contribution < -0.4 is 4.90 Å². The third-order valence-electron chi connectivity index (χ3n) is 5.89. The standard InChI is InChI=1S/C22H19ClIN3O5/c23-17-10-5-13(11-18(17)27(31)32)21(29)25(15-3-1-2-4-15)19-12-20(28)26(22(19)30)16-8-6-14(24)7-9-16/h5-11,15,19H,1-4,12H2. The molecule has 2 aromatic rings. The van der Waals surface area contributed by atoms with E-state index in [-0.39, 0.29) is 34.6 Å². The number of anilines is 1. The summed E-state index contributed by atoms with van der Waals surface area (Å²) in [4.78, 5) is 52.9. The Bertz CT molecular complexity index is 1100. The second-order valence-electron chi connectivity index (χ2n) is 7.84. The van der Waals surface area contributed by atoms with Gasteiger partial charge in [-0.1, -0.05) is 24.4 Å². The fourth-order valence-corrected chi connectivity index (χ4v) is 4.92. The minimum Gasteiger partial charge on any atom is -0.323 e. The highest BCUT2D eigenvalue weighted by molar-refractivity contribution is 14.1. The molecule has 1 unspecified atom stereocenters. The number of amides is 3. The molecule has 2 aliphatic rings. The molecule has 0 aromatic heterocycles. The van der Waals surface area contributed by atoms with Crippen molar-refractivity contribution in [2.45, 2.75) is 44.2 Å². The molecule has 3 amide bonds. The van der Waals surface area contributed by atoms with Crippen molar-refractivity contribution in [3.05, 3.63) is 66.7 Å². The number of nitro groups is 1. The van der Waals surface area contributed by atoms with Gasteiger partial charge in [-0.15, -0.1) is 0 Å². The zero-order valence-electron chi connectivity index (χ0n) is 16.9. The Hall–Kier alpha value is -2.53. The lowest BCUT2D eigenvalue weighted by Gasteiger charge is -2.33. The summed E-state index contributed by atoms with van der Waals surface area (Å²) < 4.78 is 0.967. The molecule has 1 aliphatic heterocycles. The molecule has 0 spiro atoms. The van der Waals surface area contributed by atoms with Crippen molar-refractivity contribution in [3.63, 3.8) is 0 Å². The van der Waals surface area contributed by atoms with E-state index < -0.39 is 22.8 Å². The summed E-state index contributed by atoms with van der Waals surface area (Å²) >= 11 is 8.03. The summed E-state index contributed by atoms with van der Waals surface area (Å²) in [5, 5.41) is 11.2. The smallest absolute Gasteiger partial charge is 0.288 e. The largest absolute Gasteiger partial charge is 0.323 e. The predicted octanol–water partition coefficient (Wildman–Crippen LogP) is 4.57. The number of hydrogen-bond acceptors (Lipinski definition) is 5. The molecule has 1 heterocycles. The van der Waals surface area contributed by atoms with Crippen molar-refractivity contribution in [3.8, 4) is 0 Å². The van der Waals surface area contributed by atoms with E-state index in [0.717, 1.165) is 27.4 Å². The number of rotatable bonds is 5. The number of halogens is 2. The number of imide groups is 1. The van der Waals surface area contributed by atoms with Crippen molar-refractivity contribution >= 4 is 63.3 Å². The second kappa shape index (κ2) is 9.14. The van der Waals surface area contributed by atoms with Crippen molar-refractivity contribution in [2.75, 3.05) is 4.90 Å². The fourth-order valence-electron chi connectivity index (χ4n) is 4.37. The van der Waals surface area contributed by atoms with Crippen molar-refractivity contribution in [1.29, 1.82) is 0 Å². The maximum atomic E-state index is 13.5. The monoisotopic (exact) mass is 567 g/mol. The predicted molar refractivity (Wildman–Crippen MR) is 127 cm³/mol. The zero-order chi connectivity index (χ0) is 23.0. The first kappa shape index (κ1) is 22.7. The van der Waals surface area contributed by atoms with E-state index in [1.54, 1.807) is 24.3 Å². The Morgan fingerprint density at radius 3 is 2.41 bits per heavy atom. The van der Waals surface area contributed by atoms with Gasteiger partial charge in [-0.05, 0) is 71.8 Å². The highest BCUT2D eigenvalue weighted by Crippen LogP contribution is 2.34. The Balaban J connectivity index is 1.70. The third-order valence-corrected chi connectivity index (χ3v) is 6.92. The van der Waals surface area contributed by atoms with E-state index >= 15 is 0 Å². The number of carbonyl (C=O) groups is 3. The number of hydrogen-bond donors (Lipinski definition) is 0. The highest BCUT2D eigenvalue weighted by atomic mass is 127. The van der Waals surface area contributed by atoms with Gasteiger partial charge >= 0.3 is 0 Å². The molecule has 1 aliphatic carbocycles. The molecule has 8 nitrogen and oxygen atoms in total. The maximum absolute atomic E-state index is 13.5. The van der Waals surface area contributed by atoms with Crippen LogP contribution in [0, 0.1) is 13.7 Å². The molecule has 32 heavy (non-hydrogen) atoms. The van der Waals surface area contributed by atoms with Gasteiger partial charge in [0, 0.05) is 21.2 Å². The minimum absolute atomic E-state index is 0.0703. The molecule has 0 bridgehead atoms. The van der Waals surface area contributed by atoms with E-state index in [2.05, 4.69) is 22.6 Å². The van der Waals surface area contributed by atoms with Crippen LogP contribution >= 0.6 is 34.2 Å². The fraction of sp³-hybridized carbons (Fsp3) is 0.318. The topological polar surface area (TPSA) is 101 Å². The lowest BCUT2D eigenvalue weighted by molar-refractivity contribution is -0.384. The van der Waals surface area contributed by atoms with Gasteiger partial charge < -0.3 is 4.90 Å². The van der Waals surface area contributed by atoms with Gasteiger partial charge in [0.05, 0.1) is 17.0 Å². The van der Waals surface area contributed by atoms with Gasteiger partial charge in [0.2, 0.25) is 5.91 Å². The summed E-state index contributed by atoms with van der Waals surface area (Å²) in [6.45, 7) is 0. The molecule has 1 saturated carbocycles. The minimum atomic E-state index is -0.952. The first-order valence-electron chi connectivity index (χ1n) is 10.2. The summed E-state index contributed by atoms with van der Waals surface area (Å²) in [6, 6.07) is 9.69. The lowest BCUT2D eigenvalue weighted by atomic mass is 10.1. The van der Waals surface area contributed by atoms with Crippen LogP contribution in [0.4, 0.5) is 11.4 Å². The van der Waals surface area contributed by atoms with Crippen molar-refractivity contribution < 1.29 is 19.3 Å². The summed E-state index contributed by atoms with van der Waals surface area (Å²) in [6.07, 6.45) is 3.12. The third kappa shape index (κ3) is 4.23. The number of benzene rings is 2. The molecule has 0 N–H and O–H groups in total. The van der Waals surface area contributed by atoms with Gasteiger partial charge in [-0.25, -0.2) is 4.90 Å². The van der Waals surface area contributed by atoms with Crippen LogP contribution in [-0.2, 0) is 9.59 Å². The maximum Gasteiger partial charge on any atom is 0.288 e. The molecule has 166 valence electrons. The summed E-state index contributed by atoms with van der Waals surface area (Å²) in [7, 11) is 0. The first-order valence-corrected chi connectivity index (χ1v) is 11.6. The normalized spacial score (nSPS) is 18.9. The summed E-state index contributed by atoms with van der Waals surface area (Å²) in [5.74, 6) is -1.34. The molecular formula is C22H19ClIN3O5. The quantitative estimate of drug-likeness (QED) is 0.228. The molecule has 1 saturated heterocycles. The Morgan fingerprint density at radius 2 is 1.78 bits per heavy atom. The Morgan fingerprint density at radius 1 is 1.12 bits per heavy atom. The molecular weight excluding hydrogens is 549 g/mol. The van der Waals surface area contributed by atoms with E-state index in [1.165, 1.54) is 17.0 Å². The Kier molecular flexibility index (Phi) is 6.47. The van der Waals surface area contributed by atoms with E-state index in [4.69, 9.17) is 11.6 Å². The van der Waals surface area contributed by atoms with Crippen LogP contribution in [0.3, 0.4) is 0 Å². The molecule has 2 aromatic carbocycles. The van der Waals surface area contributed by atoms with Crippen LogP contribution in [0.2, 0.25) is 5.02 Å². The van der Waals surface area contributed by atoms with Gasteiger partial charge in [0.1, 0.15) is 11.1 Å². The first-order chi connectivity index (χ1) is 15.3. The van der Waals surface area contributed by atoms with Crippen LogP contribution in [0.1, 0.15) is 42.5 Å². The molecule has 2 fully saturated rings. The van der Waals surface area contributed by atoms with Gasteiger partial charge in [0.15, 0.2) is 0 Å². The highest BCUT2D eigenvalue weighted by Gasteiger charge is 2.47. The number of nitrogens with zero attached hydrogens (tertiary/aromatic N) is 3. The zero-order valence-corrected chi connectivity index (χ0v) is 19.8. The molecule has 0 radical (unpaired) electrons. The molecule has 1 atom stereocenters. The SMILES string of the molecule is O=C1CC(N(C(=O)c2ccc(Cl)c([N+](=O)[O-])c2)C2CCCC2)C(=O)N1c1ccc(I)cc1. The van der Waals surface area contributed by atoms with Crippen LogP contribution in [-0.4, -0.2) is 39.6 Å². The Labute approximate surface area is 202 Å². The van der Waals surface area contributed by atoms with Crippen molar-refractivity contribution in [1.82, 2.24) is 4.90 Å². The number of carbonyl (C=O) groups excluding carboxylic acids is 3. The summed E-state index contributed by atoms with van der Waals surface area (Å²) in [5.41, 5.74) is 0.156. The molecule has 4 rings (SSSR count). The van der Waals surface area contributed by atoms with Crippen LogP contribution in [0.25, 0.3) is 0 Å².